The summed E-state index contributed by atoms with van der Waals surface area (Å²) in [4.78, 5) is 0. The van der Waals surface area contributed by atoms with Crippen molar-refractivity contribution >= 4 is 10.0 Å². The van der Waals surface area contributed by atoms with Gasteiger partial charge >= 0.3 is 0 Å². The molecule has 2 N–H and O–H groups in total. The molecule has 0 atom stereocenters. The van der Waals surface area contributed by atoms with Crippen LogP contribution in [0.4, 0.5) is 0 Å². The number of nitrogens with two attached hydrogens (primary N) is 1. The summed E-state index contributed by atoms with van der Waals surface area (Å²) in [6, 6.07) is -0.0124. The lowest BCUT2D eigenvalue weighted by Crippen LogP contribution is -2.21. The molecule has 108 valence electrons. The fraction of sp³-hybridized carbons (Fsp3) is 0.833. The van der Waals surface area contributed by atoms with Gasteiger partial charge < -0.3 is 0 Å². The van der Waals surface area contributed by atoms with E-state index in [9.17, 15) is 8.42 Å². The summed E-state index contributed by atoms with van der Waals surface area (Å²) in [5.74, 6) is 1.08. The minimum atomic E-state index is -3.82. The molecule has 7 heteroatoms. The van der Waals surface area contributed by atoms with Crippen LogP contribution in [-0.4, -0.2) is 23.2 Å². The van der Waals surface area contributed by atoms with Crippen LogP contribution >= 0.6 is 0 Å². The Hall–Kier alpha value is -0.950. The molecule has 0 aliphatic heterocycles. The van der Waals surface area contributed by atoms with Crippen molar-refractivity contribution in [3.8, 4) is 0 Å². The Balaban J connectivity index is 2.43. The van der Waals surface area contributed by atoms with E-state index in [1.54, 1.807) is 4.57 Å². The molecule has 2 rings (SSSR count). The Morgan fingerprint density at radius 1 is 1.16 bits per heavy atom. The van der Waals surface area contributed by atoms with E-state index < -0.39 is 10.0 Å². The third-order valence-electron chi connectivity index (χ3n) is 3.68. The lowest BCUT2D eigenvalue weighted by atomic mass is 9.99. The molecular formula is C12H22N4O2S. The molecule has 1 heterocycles. The van der Waals surface area contributed by atoms with Crippen molar-refractivity contribution in [3.05, 3.63) is 5.82 Å². The smallest absolute Gasteiger partial charge is 0.273 e. The maximum absolute atomic E-state index is 11.6. The fourth-order valence-corrected chi connectivity index (χ4v) is 3.52. The first-order valence-corrected chi connectivity index (χ1v) is 8.43. The van der Waals surface area contributed by atoms with Crippen LogP contribution in [0.3, 0.4) is 0 Å². The van der Waals surface area contributed by atoms with E-state index in [0.717, 1.165) is 18.7 Å². The maximum atomic E-state index is 11.6. The fourth-order valence-electron chi connectivity index (χ4n) is 2.78. The van der Waals surface area contributed by atoms with Gasteiger partial charge in [-0.3, -0.25) is 4.57 Å². The van der Waals surface area contributed by atoms with Crippen molar-refractivity contribution in [3.63, 3.8) is 0 Å². The zero-order chi connectivity index (χ0) is 14.0. The van der Waals surface area contributed by atoms with Gasteiger partial charge in [0, 0.05) is 12.0 Å². The molecule has 0 spiro atoms. The predicted octanol–water partition coefficient (Wildman–Crippen LogP) is 1.94. The quantitative estimate of drug-likeness (QED) is 0.860. The van der Waals surface area contributed by atoms with Gasteiger partial charge in [0.2, 0.25) is 0 Å². The van der Waals surface area contributed by atoms with E-state index >= 15 is 0 Å². The van der Waals surface area contributed by atoms with E-state index in [4.69, 9.17) is 5.14 Å². The Labute approximate surface area is 114 Å². The SMILES string of the molecule is CC(C)n1c(C2CCCCCC2)nnc1S(N)(=O)=O. The standard InChI is InChI=1S/C12H22N4O2S/c1-9(2)16-11(10-7-5-3-4-6-8-10)14-15-12(16)19(13,17)18/h9-10H,3-8H2,1-2H3,(H2,13,17,18). The minimum absolute atomic E-state index is 0.0124. The first-order valence-electron chi connectivity index (χ1n) is 6.89. The van der Waals surface area contributed by atoms with Crippen molar-refractivity contribution in [1.82, 2.24) is 14.8 Å². The van der Waals surface area contributed by atoms with Gasteiger partial charge in [-0.25, -0.2) is 13.6 Å². The van der Waals surface area contributed by atoms with Crippen molar-refractivity contribution in [1.29, 1.82) is 0 Å². The minimum Gasteiger partial charge on any atom is -0.298 e. The summed E-state index contributed by atoms with van der Waals surface area (Å²) < 4.78 is 24.8. The number of primary sulfonamides is 1. The highest BCUT2D eigenvalue weighted by atomic mass is 32.2. The molecular weight excluding hydrogens is 264 g/mol. The molecule has 1 aliphatic rings. The zero-order valence-corrected chi connectivity index (χ0v) is 12.4. The van der Waals surface area contributed by atoms with E-state index in [1.165, 1.54) is 25.7 Å². The van der Waals surface area contributed by atoms with Gasteiger partial charge in [-0.2, -0.15) is 0 Å². The van der Waals surface area contributed by atoms with Crippen LogP contribution in [0.15, 0.2) is 5.16 Å². The van der Waals surface area contributed by atoms with Gasteiger partial charge in [-0.15, -0.1) is 10.2 Å². The third kappa shape index (κ3) is 3.14. The van der Waals surface area contributed by atoms with Crippen molar-refractivity contribution in [2.75, 3.05) is 0 Å². The lowest BCUT2D eigenvalue weighted by molar-refractivity contribution is 0.462. The van der Waals surface area contributed by atoms with E-state index in [1.807, 2.05) is 13.8 Å². The van der Waals surface area contributed by atoms with Crippen LogP contribution in [0, 0.1) is 0 Å². The molecule has 0 bridgehead atoms. The zero-order valence-electron chi connectivity index (χ0n) is 11.5. The molecule has 1 fully saturated rings. The molecule has 1 aromatic heterocycles. The topological polar surface area (TPSA) is 90.9 Å². The average molecular weight is 286 g/mol. The molecule has 19 heavy (non-hydrogen) atoms. The summed E-state index contributed by atoms with van der Waals surface area (Å²) in [5, 5.41) is 13.0. The number of sulfonamides is 1. The van der Waals surface area contributed by atoms with Crippen LogP contribution in [0.2, 0.25) is 0 Å². The monoisotopic (exact) mass is 286 g/mol. The van der Waals surface area contributed by atoms with Crippen LogP contribution in [-0.2, 0) is 10.0 Å². The summed E-state index contributed by atoms with van der Waals surface area (Å²) in [6.45, 7) is 3.86. The van der Waals surface area contributed by atoms with E-state index in [2.05, 4.69) is 10.2 Å². The molecule has 0 saturated heterocycles. The van der Waals surface area contributed by atoms with Crippen molar-refractivity contribution in [2.24, 2.45) is 5.14 Å². The van der Waals surface area contributed by atoms with Gasteiger partial charge in [0.15, 0.2) is 0 Å². The Morgan fingerprint density at radius 2 is 1.74 bits per heavy atom. The number of hydrogen-bond acceptors (Lipinski definition) is 4. The first-order chi connectivity index (χ1) is 8.91. The lowest BCUT2D eigenvalue weighted by Gasteiger charge is -2.18. The van der Waals surface area contributed by atoms with Crippen LogP contribution in [0.1, 0.15) is 70.2 Å². The number of hydrogen-bond donors (Lipinski definition) is 1. The number of nitrogens with zero attached hydrogens (tertiary/aromatic N) is 3. The second-order valence-electron chi connectivity index (χ2n) is 5.54. The average Bonchev–Trinajstić information content (AvgIpc) is 2.59. The second kappa shape index (κ2) is 5.58. The largest absolute Gasteiger partial charge is 0.298 e. The van der Waals surface area contributed by atoms with Crippen LogP contribution in [0.25, 0.3) is 0 Å². The summed E-state index contributed by atoms with van der Waals surface area (Å²) in [6.07, 6.45) is 6.92. The van der Waals surface area contributed by atoms with Gasteiger partial charge in [0.1, 0.15) is 5.82 Å². The molecule has 1 aliphatic carbocycles. The highest BCUT2D eigenvalue weighted by Crippen LogP contribution is 2.32. The number of rotatable bonds is 3. The van der Waals surface area contributed by atoms with Crippen LogP contribution in [0.5, 0.6) is 0 Å². The van der Waals surface area contributed by atoms with Gasteiger partial charge in [0.25, 0.3) is 15.2 Å². The van der Waals surface area contributed by atoms with Gasteiger partial charge in [-0.1, -0.05) is 25.7 Å². The van der Waals surface area contributed by atoms with Gasteiger partial charge in [0.05, 0.1) is 0 Å². The summed E-state index contributed by atoms with van der Waals surface area (Å²) >= 11 is 0. The number of aromatic nitrogens is 3. The summed E-state index contributed by atoms with van der Waals surface area (Å²) in [7, 11) is -3.82. The highest BCUT2D eigenvalue weighted by Gasteiger charge is 2.27. The summed E-state index contributed by atoms with van der Waals surface area (Å²) in [5.41, 5.74) is 0. The molecule has 1 saturated carbocycles. The maximum Gasteiger partial charge on any atom is 0.273 e. The third-order valence-corrected chi connectivity index (χ3v) is 4.47. The first kappa shape index (κ1) is 14.5. The molecule has 0 unspecified atom stereocenters. The molecule has 1 aromatic rings. The Bertz CT molecular complexity index is 528. The van der Waals surface area contributed by atoms with E-state index in [0.29, 0.717) is 5.92 Å². The van der Waals surface area contributed by atoms with E-state index in [-0.39, 0.29) is 11.2 Å². The van der Waals surface area contributed by atoms with Crippen molar-refractivity contribution < 1.29 is 8.42 Å². The van der Waals surface area contributed by atoms with Crippen molar-refractivity contribution in [2.45, 2.75) is 69.5 Å². The van der Waals surface area contributed by atoms with Gasteiger partial charge in [-0.05, 0) is 26.7 Å². The molecule has 0 amide bonds. The normalized spacial score (nSPS) is 18.7. The molecule has 0 radical (unpaired) electrons. The van der Waals surface area contributed by atoms with Crippen LogP contribution < -0.4 is 5.14 Å². The second-order valence-corrected chi connectivity index (χ2v) is 6.99. The molecule has 6 nitrogen and oxygen atoms in total. The highest BCUT2D eigenvalue weighted by molar-refractivity contribution is 7.89. The Kier molecular flexibility index (Phi) is 4.25. The Morgan fingerprint density at radius 3 is 2.21 bits per heavy atom. The molecule has 0 aromatic carbocycles. The predicted molar refractivity (Wildman–Crippen MR) is 72.2 cm³/mol.